The zero-order chi connectivity index (χ0) is 18.8. The van der Waals surface area contributed by atoms with Crippen LogP contribution in [-0.4, -0.2) is 41.5 Å². The van der Waals surface area contributed by atoms with Gasteiger partial charge in [-0.15, -0.1) is 0 Å². The van der Waals surface area contributed by atoms with Crippen molar-refractivity contribution in [2.45, 2.75) is 25.9 Å². The van der Waals surface area contributed by atoms with Gasteiger partial charge < -0.3 is 25.3 Å². The lowest BCUT2D eigenvalue weighted by Gasteiger charge is -2.12. The Bertz CT molecular complexity index is 768. The maximum atomic E-state index is 9.54. The number of ether oxygens (including phenoxy) is 1. The lowest BCUT2D eigenvalue weighted by atomic mass is 10.1. The molecule has 0 aliphatic rings. The molecule has 2 aromatic carbocycles. The van der Waals surface area contributed by atoms with Crippen LogP contribution in [0.2, 0.25) is 0 Å². The quantitative estimate of drug-likeness (QED) is 0.523. The average Bonchev–Trinajstić information content (AvgIpc) is 3.12. The highest BCUT2D eigenvalue weighted by Crippen LogP contribution is 2.24. The first-order chi connectivity index (χ1) is 12.6. The topological polar surface area (TPSA) is 77.5 Å². The largest absolute Gasteiger partial charge is 0.508 e. The van der Waals surface area contributed by atoms with E-state index in [1.54, 1.807) is 19.2 Å². The summed E-state index contributed by atoms with van der Waals surface area (Å²) in [6.45, 7) is 2.97. The van der Waals surface area contributed by atoms with E-state index in [9.17, 15) is 5.11 Å². The molecule has 0 amide bonds. The molecule has 1 unspecified atom stereocenters. The van der Waals surface area contributed by atoms with Crippen LogP contribution in [0.3, 0.4) is 0 Å². The number of likely N-dealkylation sites (N-methyl/N-ethyl adjacent to an activating group) is 1. The molecule has 5 heteroatoms. The highest BCUT2D eigenvalue weighted by Gasteiger charge is 2.06. The molecule has 4 N–H and O–H groups in total. The zero-order valence-corrected chi connectivity index (χ0v) is 15.4. The van der Waals surface area contributed by atoms with Gasteiger partial charge in [-0.05, 0) is 49.4 Å². The third-order valence-corrected chi connectivity index (χ3v) is 3.90. The van der Waals surface area contributed by atoms with Crippen molar-refractivity contribution < 1.29 is 14.9 Å². The number of benzene rings is 2. The summed E-state index contributed by atoms with van der Waals surface area (Å²) in [7, 11) is 1.80. The van der Waals surface area contributed by atoms with Gasteiger partial charge in [0.1, 0.15) is 24.2 Å². The number of hydrogen-bond donors (Lipinski definition) is 4. The Hall–Kier alpha value is -2.50. The van der Waals surface area contributed by atoms with E-state index >= 15 is 0 Å². The van der Waals surface area contributed by atoms with E-state index in [1.165, 1.54) is 5.56 Å². The minimum Gasteiger partial charge on any atom is -0.508 e. The zero-order valence-electron chi connectivity index (χ0n) is 15.4. The Morgan fingerprint density at radius 2 is 1.88 bits per heavy atom. The smallest absolute Gasteiger partial charge is 0.128 e. The van der Waals surface area contributed by atoms with Crippen LogP contribution in [0, 0.1) is 0 Å². The molecule has 0 aliphatic heterocycles. The van der Waals surface area contributed by atoms with E-state index in [-0.39, 0.29) is 0 Å². The van der Waals surface area contributed by atoms with Gasteiger partial charge in [0.05, 0.1) is 0 Å². The van der Waals surface area contributed by atoms with Crippen molar-refractivity contribution in [3.63, 3.8) is 0 Å². The molecule has 0 fully saturated rings. The number of nitrogens with one attached hydrogen (secondary N) is 2. The van der Waals surface area contributed by atoms with E-state index in [2.05, 4.69) is 17.2 Å². The first kappa shape index (κ1) is 19.8. The Morgan fingerprint density at radius 1 is 1.12 bits per heavy atom. The SMILES string of the molecule is CCCc1ccc(O)cc1.CNCC(O)COc1cccc2[nH]ccc12. The molecule has 5 nitrogen and oxygen atoms in total. The van der Waals surface area contributed by atoms with Crippen LogP contribution in [-0.2, 0) is 6.42 Å². The van der Waals surface area contributed by atoms with E-state index in [4.69, 9.17) is 9.84 Å². The molecule has 1 aromatic heterocycles. The van der Waals surface area contributed by atoms with Gasteiger partial charge in [-0.3, -0.25) is 0 Å². The number of rotatable bonds is 7. The molecule has 0 saturated heterocycles. The number of aromatic amines is 1. The van der Waals surface area contributed by atoms with Crippen molar-refractivity contribution in [2.75, 3.05) is 20.2 Å². The molecular weight excluding hydrogens is 328 g/mol. The summed E-state index contributed by atoms with van der Waals surface area (Å²) in [6.07, 6.45) is 3.64. The molecule has 0 spiro atoms. The number of H-pyrrole nitrogens is 1. The van der Waals surface area contributed by atoms with Crippen LogP contribution >= 0.6 is 0 Å². The molecule has 140 valence electrons. The fourth-order valence-electron chi connectivity index (χ4n) is 2.61. The van der Waals surface area contributed by atoms with Crippen LogP contribution in [0.15, 0.2) is 54.7 Å². The number of aryl methyl sites for hydroxylation is 1. The number of phenols is 1. The molecule has 0 aliphatic carbocycles. The summed E-state index contributed by atoms with van der Waals surface area (Å²) >= 11 is 0. The fraction of sp³-hybridized carbons (Fsp3) is 0.333. The molecule has 0 saturated carbocycles. The van der Waals surface area contributed by atoms with Crippen molar-refractivity contribution >= 4 is 10.9 Å². The maximum absolute atomic E-state index is 9.54. The van der Waals surface area contributed by atoms with Gasteiger partial charge in [0.15, 0.2) is 0 Å². The highest BCUT2D eigenvalue weighted by atomic mass is 16.5. The highest BCUT2D eigenvalue weighted by molar-refractivity contribution is 5.85. The summed E-state index contributed by atoms with van der Waals surface area (Å²) in [5.41, 5.74) is 2.33. The normalized spacial score (nSPS) is 11.7. The molecule has 0 bridgehead atoms. The van der Waals surface area contributed by atoms with Gasteiger partial charge in [0.25, 0.3) is 0 Å². The number of hydrogen-bond acceptors (Lipinski definition) is 4. The van der Waals surface area contributed by atoms with Crippen LogP contribution in [0.4, 0.5) is 0 Å². The summed E-state index contributed by atoms with van der Waals surface area (Å²) in [5, 5.41) is 22.4. The predicted octanol–water partition coefficient (Wildman–Crippen LogP) is 3.47. The third-order valence-electron chi connectivity index (χ3n) is 3.90. The van der Waals surface area contributed by atoms with Gasteiger partial charge in [-0.1, -0.05) is 31.5 Å². The van der Waals surface area contributed by atoms with Crippen LogP contribution in [0.25, 0.3) is 10.9 Å². The van der Waals surface area contributed by atoms with Crippen molar-refractivity contribution in [3.05, 3.63) is 60.3 Å². The Balaban J connectivity index is 0.000000209. The van der Waals surface area contributed by atoms with E-state index in [1.807, 2.05) is 42.6 Å². The fourth-order valence-corrected chi connectivity index (χ4v) is 2.61. The molecular formula is C21H28N2O3. The molecule has 0 radical (unpaired) electrons. The van der Waals surface area contributed by atoms with Crippen LogP contribution < -0.4 is 10.1 Å². The first-order valence-electron chi connectivity index (χ1n) is 8.93. The second-order valence-corrected chi connectivity index (χ2v) is 6.13. The van der Waals surface area contributed by atoms with Crippen molar-refractivity contribution in [2.24, 2.45) is 0 Å². The number of aliphatic hydroxyl groups excluding tert-OH is 1. The van der Waals surface area contributed by atoms with E-state index in [0.29, 0.717) is 18.9 Å². The average molecular weight is 356 g/mol. The minimum absolute atomic E-state index is 0.297. The van der Waals surface area contributed by atoms with Gasteiger partial charge in [-0.25, -0.2) is 0 Å². The lowest BCUT2D eigenvalue weighted by molar-refractivity contribution is 0.109. The molecule has 3 aromatic rings. The molecule has 26 heavy (non-hydrogen) atoms. The van der Waals surface area contributed by atoms with Crippen LogP contribution in [0.5, 0.6) is 11.5 Å². The number of fused-ring (bicyclic) bond motifs is 1. The number of aromatic nitrogens is 1. The molecule has 1 heterocycles. The summed E-state index contributed by atoms with van der Waals surface area (Å²) in [4.78, 5) is 3.12. The number of aliphatic hydroxyl groups is 1. The maximum Gasteiger partial charge on any atom is 0.128 e. The Morgan fingerprint density at radius 3 is 2.58 bits per heavy atom. The minimum atomic E-state index is -0.487. The van der Waals surface area contributed by atoms with Crippen LogP contribution in [0.1, 0.15) is 18.9 Å². The summed E-state index contributed by atoms with van der Waals surface area (Å²) < 4.78 is 5.58. The third kappa shape index (κ3) is 6.10. The lowest BCUT2D eigenvalue weighted by Crippen LogP contribution is -2.29. The van der Waals surface area contributed by atoms with E-state index < -0.39 is 6.10 Å². The van der Waals surface area contributed by atoms with Gasteiger partial charge in [0.2, 0.25) is 0 Å². The predicted molar refractivity (Wildman–Crippen MR) is 106 cm³/mol. The summed E-state index contributed by atoms with van der Waals surface area (Å²) in [5.74, 6) is 1.15. The van der Waals surface area contributed by atoms with E-state index in [0.717, 1.165) is 29.5 Å². The first-order valence-corrected chi connectivity index (χ1v) is 8.93. The van der Waals surface area contributed by atoms with Crippen molar-refractivity contribution in [1.29, 1.82) is 0 Å². The van der Waals surface area contributed by atoms with Crippen molar-refractivity contribution in [1.82, 2.24) is 10.3 Å². The molecule has 1 atom stereocenters. The standard InChI is InChI=1S/C12H16N2O2.C9H12O/c1-13-7-9(15)8-16-12-4-2-3-11-10(12)5-6-14-11;1-2-3-8-4-6-9(10)7-5-8/h2-6,9,13-15H,7-8H2,1H3;4-7,10H,2-3H2,1H3. The summed E-state index contributed by atoms with van der Waals surface area (Å²) in [6, 6.07) is 15.2. The second-order valence-electron chi connectivity index (χ2n) is 6.13. The van der Waals surface area contributed by atoms with Gasteiger partial charge in [0, 0.05) is 23.6 Å². The molecule has 3 rings (SSSR count). The van der Waals surface area contributed by atoms with Gasteiger partial charge >= 0.3 is 0 Å². The monoisotopic (exact) mass is 356 g/mol. The number of aromatic hydroxyl groups is 1. The number of phenolic OH excluding ortho intramolecular Hbond substituents is 1. The Kier molecular flexibility index (Phi) is 7.99. The second kappa shape index (κ2) is 10.5. The van der Waals surface area contributed by atoms with Gasteiger partial charge in [-0.2, -0.15) is 0 Å². The van der Waals surface area contributed by atoms with Crippen molar-refractivity contribution in [3.8, 4) is 11.5 Å². The Labute approximate surface area is 154 Å².